The largest absolute Gasteiger partial charge is 0.460 e. The van der Waals surface area contributed by atoms with Gasteiger partial charge in [0.25, 0.3) is 0 Å². The van der Waals surface area contributed by atoms with Gasteiger partial charge in [-0.2, -0.15) is 0 Å². The monoisotopic (exact) mass is 522 g/mol. The van der Waals surface area contributed by atoms with Gasteiger partial charge in [-0.15, -0.1) is 0 Å². The summed E-state index contributed by atoms with van der Waals surface area (Å²) in [6.45, 7) is 2.91. The van der Waals surface area contributed by atoms with Crippen molar-refractivity contribution in [2.24, 2.45) is 0 Å². The van der Waals surface area contributed by atoms with E-state index in [1.807, 2.05) is 48.5 Å². The van der Waals surface area contributed by atoms with E-state index in [-0.39, 0.29) is 38.6 Å². The molecule has 5 rings (SSSR count). The van der Waals surface area contributed by atoms with Crippen molar-refractivity contribution in [1.29, 1.82) is 0 Å². The highest BCUT2D eigenvalue weighted by atomic mass is 16.6. The number of esters is 1. The van der Waals surface area contributed by atoms with Crippen LogP contribution in [0.5, 0.6) is 0 Å². The number of likely N-dealkylation sites (tertiary alicyclic amines) is 2. The molecule has 3 aliphatic rings. The molecule has 0 unspecified atom stereocenters. The predicted octanol–water partition coefficient (Wildman–Crippen LogP) is 1.03. The van der Waals surface area contributed by atoms with Crippen molar-refractivity contribution in [3.05, 3.63) is 72.3 Å². The molecule has 2 aliphatic heterocycles. The Balaban J connectivity index is 1.33. The number of nitrogens with zero attached hydrogens (tertiary/aromatic N) is 2. The molecule has 38 heavy (non-hydrogen) atoms. The Kier molecular flexibility index (Phi) is 7.20. The smallest absolute Gasteiger partial charge is 0.410 e. The molecule has 2 amide bonds. The number of aliphatic hydroxyl groups is 3. The summed E-state index contributed by atoms with van der Waals surface area (Å²) in [6, 6.07) is 13.1. The fraction of sp³-hybridized carbons (Fsp3) is 0.393. The van der Waals surface area contributed by atoms with E-state index in [0.29, 0.717) is 0 Å². The molecule has 0 spiro atoms. The highest BCUT2D eigenvalue weighted by molar-refractivity contribution is 5.91. The Bertz CT molecular complexity index is 1200. The zero-order valence-electron chi connectivity index (χ0n) is 20.7. The van der Waals surface area contributed by atoms with Crippen LogP contribution in [-0.4, -0.2) is 99.8 Å². The Morgan fingerprint density at radius 3 is 2.18 bits per heavy atom. The van der Waals surface area contributed by atoms with Crippen LogP contribution in [0, 0.1) is 0 Å². The fourth-order valence-electron chi connectivity index (χ4n) is 5.65. The number of amides is 2. The van der Waals surface area contributed by atoms with Gasteiger partial charge in [-0.1, -0.05) is 61.2 Å². The molecular formula is C28H30N2O8. The number of hydrogen-bond acceptors (Lipinski definition) is 8. The fourth-order valence-corrected chi connectivity index (χ4v) is 5.65. The van der Waals surface area contributed by atoms with Gasteiger partial charge in [0.15, 0.2) is 0 Å². The van der Waals surface area contributed by atoms with Gasteiger partial charge in [-0.3, -0.25) is 9.69 Å². The minimum atomic E-state index is -1.59. The first-order valence-corrected chi connectivity index (χ1v) is 12.6. The van der Waals surface area contributed by atoms with Gasteiger partial charge in [0.1, 0.15) is 37.5 Å². The van der Waals surface area contributed by atoms with E-state index in [9.17, 15) is 29.7 Å². The van der Waals surface area contributed by atoms with Crippen LogP contribution in [0.15, 0.2) is 61.2 Å². The quantitative estimate of drug-likeness (QED) is 0.378. The van der Waals surface area contributed by atoms with Crippen LogP contribution in [-0.2, 0) is 19.1 Å². The molecule has 1 aliphatic carbocycles. The average Bonchev–Trinajstić information content (AvgIpc) is 3.57. The molecule has 2 heterocycles. The Morgan fingerprint density at radius 1 is 0.921 bits per heavy atom. The number of benzene rings is 2. The number of carbonyl (C=O) groups excluding carboxylic acids is 3. The standard InChI is InChI=1S/C28H30N2O8/c1-2-11-37-27(35)22-12-16(31)13-29(22)26(34)24-25(33)23(32)14-30(24)28(36)38-15-21-19-9-5-3-7-17(19)18-8-4-6-10-20(18)21/h2-10,16,21-25,31-33H,1,11-15H2/t16-,22+,23+,24+,25+/m1/s1. The van der Waals surface area contributed by atoms with Gasteiger partial charge >= 0.3 is 12.1 Å². The summed E-state index contributed by atoms with van der Waals surface area (Å²) in [5.41, 5.74) is 4.16. The zero-order chi connectivity index (χ0) is 27.0. The number of rotatable bonds is 6. The molecule has 5 atom stereocenters. The predicted molar refractivity (Wildman–Crippen MR) is 135 cm³/mol. The SMILES string of the molecule is C=CCOC(=O)[C@@H]1C[C@@H](O)CN1C(=O)[C@@H]1[C@@H](O)[C@@H](O)CN1C(=O)OCC1c2ccccc2-c2ccccc21. The first kappa shape index (κ1) is 25.9. The number of aliphatic hydroxyl groups excluding tert-OH is 3. The number of ether oxygens (including phenoxy) is 2. The molecule has 3 N–H and O–H groups in total. The lowest BCUT2D eigenvalue weighted by Gasteiger charge is -2.31. The summed E-state index contributed by atoms with van der Waals surface area (Å²) in [5, 5.41) is 31.1. The molecule has 2 aromatic rings. The van der Waals surface area contributed by atoms with E-state index in [1.165, 1.54) is 6.08 Å². The lowest BCUT2D eigenvalue weighted by molar-refractivity contribution is -0.154. The lowest BCUT2D eigenvalue weighted by atomic mass is 9.98. The minimum absolute atomic E-state index is 0.00457. The number of hydrogen-bond donors (Lipinski definition) is 3. The summed E-state index contributed by atoms with van der Waals surface area (Å²) < 4.78 is 10.7. The van der Waals surface area contributed by atoms with Crippen LogP contribution in [0.1, 0.15) is 23.5 Å². The molecule has 0 radical (unpaired) electrons. The van der Waals surface area contributed by atoms with Crippen molar-refractivity contribution in [1.82, 2.24) is 9.80 Å². The van der Waals surface area contributed by atoms with E-state index >= 15 is 0 Å². The van der Waals surface area contributed by atoms with Gasteiger partial charge in [0.2, 0.25) is 5.91 Å². The Morgan fingerprint density at radius 2 is 1.55 bits per heavy atom. The molecule has 0 saturated carbocycles. The summed E-state index contributed by atoms with van der Waals surface area (Å²) in [6.07, 6.45) is -3.49. The summed E-state index contributed by atoms with van der Waals surface area (Å²) in [5.74, 6) is -1.72. The molecular weight excluding hydrogens is 492 g/mol. The van der Waals surface area contributed by atoms with Gasteiger partial charge in [0, 0.05) is 18.9 Å². The van der Waals surface area contributed by atoms with Gasteiger partial charge in [-0.25, -0.2) is 9.59 Å². The maximum Gasteiger partial charge on any atom is 0.410 e. The number of carbonyl (C=O) groups is 3. The first-order valence-electron chi connectivity index (χ1n) is 12.6. The van der Waals surface area contributed by atoms with Gasteiger partial charge in [-0.05, 0) is 22.3 Å². The van der Waals surface area contributed by atoms with Crippen molar-refractivity contribution in [2.45, 2.75) is 42.7 Å². The number of β-amino-alcohol motifs (C(OH)–C–C–N with tert-alkyl or cyclic N) is 2. The lowest BCUT2D eigenvalue weighted by Crippen LogP contribution is -2.54. The van der Waals surface area contributed by atoms with E-state index in [4.69, 9.17) is 9.47 Å². The summed E-state index contributed by atoms with van der Waals surface area (Å²) in [4.78, 5) is 41.3. The van der Waals surface area contributed by atoms with Crippen LogP contribution in [0.3, 0.4) is 0 Å². The summed E-state index contributed by atoms with van der Waals surface area (Å²) >= 11 is 0. The summed E-state index contributed by atoms with van der Waals surface area (Å²) in [7, 11) is 0. The second kappa shape index (κ2) is 10.6. The minimum Gasteiger partial charge on any atom is -0.460 e. The van der Waals surface area contributed by atoms with E-state index in [0.717, 1.165) is 32.1 Å². The van der Waals surface area contributed by atoms with Crippen LogP contribution >= 0.6 is 0 Å². The second-order valence-corrected chi connectivity index (χ2v) is 9.77. The molecule has 0 aromatic heterocycles. The molecule has 0 bridgehead atoms. The molecule has 200 valence electrons. The van der Waals surface area contributed by atoms with Crippen LogP contribution in [0.25, 0.3) is 11.1 Å². The third-order valence-electron chi connectivity index (χ3n) is 7.44. The van der Waals surface area contributed by atoms with Crippen molar-refractivity contribution in [3.63, 3.8) is 0 Å². The van der Waals surface area contributed by atoms with Gasteiger partial charge in [0.05, 0.1) is 12.6 Å². The molecule has 2 aromatic carbocycles. The third-order valence-corrected chi connectivity index (χ3v) is 7.44. The maximum atomic E-state index is 13.5. The van der Waals surface area contributed by atoms with Crippen LogP contribution in [0.4, 0.5) is 4.79 Å². The van der Waals surface area contributed by atoms with Crippen LogP contribution in [0.2, 0.25) is 0 Å². The topological polar surface area (TPSA) is 137 Å². The first-order chi connectivity index (χ1) is 18.3. The Hall–Kier alpha value is -3.73. The van der Waals surface area contributed by atoms with Crippen LogP contribution < -0.4 is 0 Å². The average molecular weight is 523 g/mol. The second-order valence-electron chi connectivity index (χ2n) is 9.77. The van der Waals surface area contributed by atoms with Crippen molar-refractivity contribution in [2.75, 3.05) is 26.3 Å². The maximum absolute atomic E-state index is 13.5. The molecule has 2 saturated heterocycles. The van der Waals surface area contributed by atoms with Crippen molar-refractivity contribution < 1.29 is 39.2 Å². The Labute approximate surface area is 219 Å². The third kappa shape index (κ3) is 4.55. The molecule has 10 nitrogen and oxygen atoms in total. The highest BCUT2D eigenvalue weighted by Gasteiger charge is 2.52. The van der Waals surface area contributed by atoms with E-state index < -0.39 is 48.4 Å². The van der Waals surface area contributed by atoms with Crippen molar-refractivity contribution >= 4 is 18.0 Å². The zero-order valence-corrected chi connectivity index (χ0v) is 20.7. The number of fused-ring (bicyclic) bond motifs is 3. The highest BCUT2D eigenvalue weighted by Crippen LogP contribution is 2.44. The van der Waals surface area contributed by atoms with E-state index in [1.54, 1.807) is 0 Å². The van der Waals surface area contributed by atoms with Gasteiger partial charge < -0.3 is 29.7 Å². The van der Waals surface area contributed by atoms with Crippen molar-refractivity contribution in [3.8, 4) is 11.1 Å². The normalized spacial score (nSPS) is 26.1. The molecule has 2 fully saturated rings. The van der Waals surface area contributed by atoms with E-state index in [2.05, 4.69) is 6.58 Å². The molecule has 10 heteroatoms.